The molecule has 1 aliphatic rings. The van der Waals surface area contributed by atoms with E-state index in [4.69, 9.17) is 5.11 Å². The van der Waals surface area contributed by atoms with E-state index in [1.165, 1.54) is 37.4 Å². The van der Waals surface area contributed by atoms with E-state index in [2.05, 4.69) is 29.9 Å². The lowest BCUT2D eigenvalue weighted by molar-refractivity contribution is -0.138. The summed E-state index contributed by atoms with van der Waals surface area (Å²) in [5.74, 6) is -0.993. The molecule has 1 fully saturated rings. The zero-order valence-electron chi connectivity index (χ0n) is 13.0. The van der Waals surface area contributed by atoms with E-state index in [0.29, 0.717) is 6.04 Å². The van der Waals surface area contributed by atoms with Gasteiger partial charge in [0.2, 0.25) is 0 Å². The molecule has 0 amide bonds. The third-order valence-corrected chi connectivity index (χ3v) is 3.49. The Morgan fingerprint density at radius 3 is 2.52 bits per heavy atom. The number of hydrogen-bond acceptors (Lipinski definition) is 4. The van der Waals surface area contributed by atoms with Crippen LogP contribution in [0, 0.1) is 6.92 Å². The lowest BCUT2D eigenvalue weighted by Crippen LogP contribution is -2.17. The van der Waals surface area contributed by atoms with Gasteiger partial charge in [0.25, 0.3) is 0 Å². The summed E-state index contributed by atoms with van der Waals surface area (Å²) in [5.41, 5.74) is 2.64. The molecule has 0 unspecified atom stereocenters. The molecule has 1 aromatic rings. The highest BCUT2D eigenvalue weighted by Crippen LogP contribution is 2.29. The van der Waals surface area contributed by atoms with Crippen LogP contribution in [-0.4, -0.2) is 40.3 Å². The molecule has 21 heavy (non-hydrogen) atoms. The molecular formula is C16H24N2O3. The van der Waals surface area contributed by atoms with Gasteiger partial charge < -0.3 is 9.90 Å². The quantitative estimate of drug-likeness (QED) is 0.923. The van der Waals surface area contributed by atoms with E-state index < -0.39 is 5.97 Å². The van der Waals surface area contributed by atoms with Crippen LogP contribution in [0.2, 0.25) is 0 Å². The summed E-state index contributed by atoms with van der Waals surface area (Å²) in [6.45, 7) is 4.70. The number of carboxylic acid groups (broad SMARTS) is 1. The Balaban J connectivity index is 0.000000240. The second kappa shape index (κ2) is 8.52. The van der Waals surface area contributed by atoms with Crippen LogP contribution < -0.4 is 0 Å². The maximum absolute atomic E-state index is 10.1. The molecule has 1 aromatic heterocycles. The first-order chi connectivity index (χ1) is 9.90. The average molecular weight is 292 g/mol. The lowest BCUT2D eigenvalue weighted by Gasteiger charge is -2.19. The summed E-state index contributed by atoms with van der Waals surface area (Å²) in [5, 5.41) is 8.01. The first kappa shape index (κ1) is 17.3. The summed E-state index contributed by atoms with van der Waals surface area (Å²) in [7, 11) is 2.19. The van der Waals surface area contributed by atoms with Crippen molar-refractivity contribution in [3.8, 4) is 0 Å². The number of aromatic nitrogens is 1. The molecule has 0 aromatic carbocycles. The minimum atomic E-state index is -0.916. The van der Waals surface area contributed by atoms with E-state index >= 15 is 0 Å². The third-order valence-electron chi connectivity index (χ3n) is 3.49. The Morgan fingerprint density at radius 1 is 1.38 bits per heavy atom. The van der Waals surface area contributed by atoms with Crippen LogP contribution in [0.5, 0.6) is 0 Å². The number of aryl methyl sites for hydroxylation is 1. The van der Waals surface area contributed by atoms with E-state index in [1.807, 2.05) is 12.4 Å². The smallest absolute Gasteiger partial charge is 0.303 e. The number of rotatable bonds is 4. The normalized spacial score (nSPS) is 18.0. The molecule has 2 rings (SSSR count). The minimum absolute atomic E-state index is 0.0463. The molecule has 0 aliphatic carbocycles. The van der Waals surface area contributed by atoms with E-state index in [-0.39, 0.29) is 18.6 Å². The Labute approximate surface area is 126 Å². The molecule has 5 heteroatoms. The topological polar surface area (TPSA) is 70.5 Å². The summed E-state index contributed by atoms with van der Waals surface area (Å²) >= 11 is 0. The number of hydrogen-bond donors (Lipinski definition) is 1. The first-order valence-corrected chi connectivity index (χ1v) is 7.23. The molecule has 0 saturated carbocycles. The Morgan fingerprint density at radius 2 is 2.10 bits per heavy atom. The Hall–Kier alpha value is -1.75. The summed E-state index contributed by atoms with van der Waals surface area (Å²) in [6.07, 6.45) is 6.61. The molecule has 2 heterocycles. The standard InChI is InChI=1S/C11H16N2.C5H8O3/c1-9-6-10(8-12-7-9)11-4-3-5-13(11)2;1-4(6)2-3-5(7)8/h6-8,11H,3-5H2,1-2H3;2-3H2,1H3,(H,7,8)/t11-;/m0./s1. The molecular weight excluding hydrogens is 268 g/mol. The van der Waals surface area contributed by atoms with Crippen LogP contribution in [0.15, 0.2) is 18.5 Å². The maximum Gasteiger partial charge on any atom is 0.303 e. The van der Waals surface area contributed by atoms with Gasteiger partial charge in [0.1, 0.15) is 5.78 Å². The van der Waals surface area contributed by atoms with Crippen molar-refractivity contribution in [1.82, 2.24) is 9.88 Å². The zero-order valence-corrected chi connectivity index (χ0v) is 13.0. The Kier molecular flexibility index (Phi) is 7.02. The van der Waals surface area contributed by atoms with Crippen LogP contribution in [0.1, 0.15) is 49.8 Å². The van der Waals surface area contributed by atoms with Crippen molar-refractivity contribution in [3.63, 3.8) is 0 Å². The number of carboxylic acids is 1. The van der Waals surface area contributed by atoms with Crippen LogP contribution in [0.3, 0.4) is 0 Å². The fourth-order valence-electron chi connectivity index (χ4n) is 2.37. The second-order valence-electron chi connectivity index (χ2n) is 5.53. The molecule has 1 aliphatic heterocycles. The molecule has 0 bridgehead atoms. The number of aliphatic carboxylic acids is 1. The van der Waals surface area contributed by atoms with Crippen molar-refractivity contribution in [1.29, 1.82) is 0 Å². The molecule has 0 radical (unpaired) electrons. The second-order valence-corrected chi connectivity index (χ2v) is 5.53. The van der Waals surface area contributed by atoms with Gasteiger partial charge in [0, 0.05) is 24.9 Å². The number of ketones is 1. The van der Waals surface area contributed by atoms with Crippen LogP contribution in [0.4, 0.5) is 0 Å². The van der Waals surface area contributed by atoms with Gasteiger partial charge in [0.05, 0.1) is 6.42 Å². The van der Waals surface area contributed by atoms with E-state index in [9.17, 15) is 9.59 Å². The third kappa shape index (κ3) is 6.49. The predicted octanol–water partition coefficient (Wildman–Crippen LogP) is 2.60. The molecule has 5 nitrogen and oxygen atoms in total. The van der Waals surface area contributed by atoms with Crippen LogP contribution >= 0.6 is 0 Å². The van der Waals surface area contributed by atoms with Gasteiger partial charge in [-0.2, -0.15) is 0 Å². The van der Waals surface area contributed by atoms with Crippen LogP contribution in [0.25, 0.3) is 0 Å². The number of Topliss-reactive ketones (excluding diaryl/α,β-unsaturated/α-hetero) is 1. The maximum atomic E-state index is 10.1. The monoisotopic (exact) mass is 292 g/mol. The average Bonchev–Trinajstić information content (AvgIpc) is 2.83. The zero-order chi connectivity index (χ0) is 15.8. The number of pyridine rings is 1. The van der Waals surface area contributed by atoms with E-state index in [0.717, 1.165) is 0 Å². The SMILES string of the molecule is CC(=O)CCC(=O)O.Cc1cncc([C@@H]2CCCN2C)c1. The van der Waals surface area contributed by atoms with Gasteiger partial charge in [0.15, 0.2) is 0 Å². The molecule has 116 valence electrons. The Bertz CT molecular complexity index is 474. The molecule has 1 saturated heterocycles. The summed E-state index contributed by atoms with van der Waals surface area (Å²) < 4.78 is 0. The van der Waals surface area contributed by atoms with Gasteiger partial charge in [-0.15, -0.1) is 0 Å². The number of likely N-dealkylation sites (tertiary alicyclic amines) is 1. The van der Waals surface area contributed by atoms with Crippen molar-refractivity contribution in [2.45, 2.75) is 45.6 Å². The highest BCUT2D eigenvalue weighted by atomic mass is 16.4. The lowest BCUT2D eigenvalue weighted by atomic mass is 10.1. The summed E-state index contributed by atoms with van der Waals surface area (Å²) in [4.78, 5) is 26.5. The largest absolute Gasteiger partial charge is 0.481 e. The van der Waals surface area contributed by atoms with Crippen molar-refractivity contribution >= 4 is 11.8 Å². The number of nitrogens with zero attached hydrogens (tertiary/aromatic N) is 2. The molecule has 1 atom stereocenters. The van der Waals surface area contributed by atoms with Crippen molar-refractivity contribution in [2.24, 2.45) is 0 Å². The fraction of sp³-hybridized carbons (Fsp3) is 0.562. The van der Waals surface area contributed by atoms with Gasteiger partial charge >= 0.3 is 5.97 Å². The highest BCUT2D eigenvalue weighted by Gasteiger charge is 2.22. The van der Waals surface area contributed by atoms with E-state index in [1.54, 1.807) is 0 Å². The highest BCUT2D eigenvalue weighted by molar-refractivity contribution is 5.80. The van der Waals surface area contributed by atoms with Gasteiger partial charge in [-0.1, -0.05) is 6.07 Å². The minimum Gasteiger partial charge on any atom is -0.481 e. The van der Waals surface area contributed by atoms with Gasteiger partial charge in [-0.25, -0.2) is 0 Å². The van der Waals surface area contributed by atoms with Crippen molar-refractivity contribution in [3.05, 3.63) is 29.6 Å². The number of carbonyl (C=O) groups excluding carboxylic acids is 1. The fourth-order valence-corrected chi connectivity index (χ4v) is 2.37. The van der Waals surface area contributed by atoms with Crippen LogP contribution in [-0.2, 0) is 9.59 Å². The first-order valence-electron chi connectivity index (χ1n) is 7.23. The number of carbonyl (C=O) groups is 2. The van der Waals surface area contributed by atoms with Crippen molar-refractivity contribution < 1.29 is 14.7 Å². The van der Waals surface area contributed by atoms with Gasteiger partial charge in [-0.05, 0) is 51.4 Å². The van der Waals surface area contributed by atoms with Gasteiger partial charge in [-0.3, -0.25) is 14.7 Å². The summed E-state index contributed by atoms with van der Waals surface area (Å²) in [6, 6.07) is 2.85. The predicted molar refractivity (Wildman–Crippen MR) is 81.1 cm³/mol. The molecule has 1 N–H and O–H groups in total. The van der Waals surface area contributed by atoms with Crippen molar-refractivity contribution in [2.75, 3.05) is 13.6 Å². The molecule has 0 spiro atoms.